The standard InChI is InChI=1S/C18H12S2/c19-17(13-11-15-7-3-1-4-8-15)18(20)14-12-16-9-5-2-6-10-16/h1-10,19-20H. The molecule has 0 unspecified atom stereocenters. The van der Waals surface area contributed by atoms with E-state index in [2.05, 4.69) is 48.9 Å². The Morgan fingerprint density at radius 3 is 1.30 bits per heavy atom. The molecule has 0 aliphatic heterocycles. The van der Waals surface area contributed by atoms with Gasteiger partial charge in [-0.2, -0.15) is 0 Å². The molecule has 2 heteroatoms. The zero-order chi connectivity index (χ0) is 14.2. The van der Waals surface area contributed by atoms with Crippen molar-refractivity contribution in [3.05, 3.63) is 81.6 Å². The highest BCUT2D eigenvalue weighted by Crippen LogP contribution is 2.11. The van der Waals surface area contributed by atoms with Crippen LogP contribution >= 0.6 is 25.3 Å². The predicted octanol–water partition coefficient (Wildman–Crippen LogP) is 4.16. The van der Waals surface area contributed by atoms with Crippen LogP contribution < -0.4 is 0 Å². The molecule has 0 saturated heterocycles. The molecule has 0 amide bonds. The average molecular weight is 292 g/mol. The van der Waals surface area contributed by atoms with Crippen LogP contribution in [0.1, 0.15) is 11.1 Å². The van der Waals surface area contributed by atoms with Crippen molar-refractivity contribution in [2.45, 2.75) is 0 Å². The van der Waals surface area contributed by atoms with E-state index in [1.807, 2.05) is 60.7 Å². The molecule has 2 rings (SSSR count). The lowest BCUT2D eigenvalue weighted by molar-refractivity contribution is 1.65. The Kier molecular flexibility index (Phi) is 5.44. The predicted molar refractivity (Wildman–Crippen MR) is 91.6 cm³/mol. The van der Waals surface area contributed by atoms with Crippen molar-refractivity contribution in [2.75, 3.05) is 0 Å². The second-order valence-corrected chi connectivity index (χ2v) is 4.82. The summed E-state index contributed by atoms with van der Waals surface area (Å²) in [5.74, 6) is 11.9. The Morgan fingerprint density at radius 2 is 0.950 bits per heavy atom. The Bertz CT molecular complexity index is 655. The van der Waals surface area contributed by atoms with Gasteiger partial charge in [0.25, 0.3) is 0 Å². The van der Waals surface area contributed by atoms with Crippen LogP contribution in [0.25, 0.3) is 0 Å². The van der Waals surface area contributed by atoms with Crippen LogP contribution in [0.15, 0.2) is 70.5 Å². The molecule has 96 valence electrons. The summed E-state index contributed by atoms with van der Waals surface area (Å²) in [5.41, 5.74) is 1.88. The van der Waals surface area contributed by atoms with Gasteiger partial charge in [-0.05, 0) is 24.3 Å². The summed E-state index contributed by atoms with van der Waals surface area (Å²) in [6.45, 7) is 0. The van der Waals surface area contributed by atoms with Crippen molar-refractivity contribution in [3.8, 4) is 23.7 Å². The van der Waals surface area contributed by atoms with Crippen LogP contribution in [0.4, 0.5) is 0 Å². The van der Waals surface area contributed by atoms with Crippen molar-refractivity contribution in [2.24, 2.45) is 0 Å². The average Bonchev–Trinajstić information content (AvgIpc) is 2.52. The first-order chi connectivity index (χ1) is 9.75. The molecular weight excluding hydrogens is 280 g/mol. The summed E-state index contributed by atoms with van der Waals surface area (Å²) in [7, 11) is 0. The largest absolute Gasteiger partial charge is 0.133 e. The van der Waals surface area contributed by atoms with Gasteiger partial charge in [0, 0.05) is 11.1 Å². The SMILES string of the molecule is SC(C#Cc1ccccc1)=C(S)C#Cc1ccccc1. The van der Waals surface area contributed by atoms with E-state index in [1.165, 1.54) is 0 Å². The molecule has 0 atom stereocenters. The zero-order valence-corrected chi connectivity index (χ0v) is 12.5. The summed E-state index contributed by atoms with van der Waals surface area (Å²) in [6, 6.07) is 19.5. The highest BCUT2D eigenvalue weighted by molar-refractivity contribution is 7.89. The van der Waals surface area contributed by atoms with E-state index in [1.54, 1.807) is 0 Å². The molecule has 0 bridgehead atoms. The summed E-state index contributed by atoms with van der Waals surface area (Å²) in [5, 5.41) is 0. The van der Waals surface area contributed by atoms with Crippen LogP contribution in [0.2, 0.25) is 0 Å². The lowest BCUT2D eigenvalue weighted by Gasteiger charge is -1.91. The molecule has 2 aromatic carbocycles. The molecular formula is C18H12S2. The number of thiol groups is 2. The minimum Gasteiger partial charge on any atom is -0.133 e. The first kappa shape index (κ1) is 14.4. The van der Waals surface area contributed by atoms with Gasteiger partial charge in [0.05, 0.1) is 9.81 Å². The summed E-state index contributed by atoms with van der Waals surface area (Å²) in [4.78, 5) is 1.14. The molecule has 0 heterocycles. The fraction of sp³-hybridized carbons (Fsp3) is 0. The Morgan fingerprint density at radius 1 is 0.600 bits per heavy atom. The van der Waals surface area contributed by atoms with Gasteiger partial charge in [0.1, 0.15) is 0 Å². The lowest BCUT2D eigenvalue weighted by atomic mass is 10.2. The normalized spacial score (nSPS) is 10.5. The number of rotatable bonds is 0. The van der Waals surface area contributed by atoms with Gasteiger partial charge >= 0.3 is 0 Å². The third-order valence-corrected chi connectivity index (χ3v) is 3.27. The number of hydrogen-bond acceptors (Lipinski definition) is 2. The number of benzene rings is 2. The van der Waals surface area contributed by atoms with E-state index in [0.29, 0.717) is 9.81 Å². The van der Waals surface area contributed by atoms with E-state index in [0.717, 1.165) is 11.1 Å². The molecule has 0 saturated carbocycles. The first-order valence-electron chi connectivity index (χ1n) is 6.02. The second-order valence-electron chi connectivity index (χ2n) is 3.93. The van der Waals surface area contributed by atoms with Gasteiger partial charge in [-0.3, -0.25) is 0 Å². The zero-order valence-electron chi connectivity index (χ0n) is 10.7. The van der Waals surface area contributed by atoms with Crippen molar-refractivity contribution < 1.29 is 0 Å². The molecule has 0 radical (unpaired) electrons. The first-order valence-corrected chi connectivity index (χ1v) is 6.91. The van der Waals surface area contributed by atoms with Crippen molar-refractivity contribution in [3.63, 3.8) is 0 Å². The summed E-state index contributed by atoms with van der Waals surface area (Å²) in [6.07, 6.45) is 0. The molecule has 20 heavy (non-hydrogen) atoms. The van der Waals surface area contributed by atoms with Crippen molar-refractivity contribution in [1.29, 1.82) is 0 Å². The molecule has 0 spiro atoms. The summed E-state index contributed by atoms with van der Waals surface area (Å²) < 4.78 is 0. The minimum absolute atomic E-state index is 0.570. The van der Waals surface area contributed by atoms with Crippen LogP contribution in [-0.4, -0.2) is 0 Å². The van der Waals surface area contributed by atoms with Gasteiger partial charge in [0.2, 0.25) is 0 Å². The fourth-order valence-corrected chi connectivity index (χ4v) is 1.65. The molecule has 0 aliphatic carbocycles. The van der Waals surface area contributed by atoms with Gasteiger partial charge < -0.3 is 0 Å². The van der Waals surface area contributed by atoms with Crippen LogP contribution in [-0.2, 0) is 0 Å². The third kappa shape index (κ3) is 4.59. The molecule has 0 fully saturated rings. The van der Waals surface area contributed by atoms with Gasteiger partial charge in [0.15, 0.2) is 0 Å². The topological polar surface area (TPSA) is 0 Å². The minimum atomic E-state index is 0.570. The van der Waals surface area contributed by atoms with Crippen LogP contribution in [0.5, 0.6) is 0 Å². The van der Waals surface area contributed by atoms with Gasteiger partial charge in [-0.15, -0.1) is 25.3 Å². The number of hydrogen-bond donors (Lipinski definition) is 2. The highest BCUT2D eigenvalue weighted by Gasteiger charge is 1.91. The molecule has 2 aromatic rings. The second kappa shape index (κ2) is 7.56. The fourth-order valence-electron chi connectivity index (χ4n) is 1.42. The maximum Gasteiger partial charge on any atom is 0.0765 e. The van der Waals surface area contributed by atoms with Gasteiger partial charge in [-0.1, -0.05) is 60.1 Å². The van der Waals surface area contributed by atoms with E-state index >= 15 is 0 Å². The molecule has 0 aliphatic rings. The monoisotopic (exact) mass is 292 g/mol. The van der Waals surface area contributed by atoms with Crippen LogP contribution in [0, 0.1) is 23.7 Å². The van der Waals surface area contributed by atoms with Gasteiger partial charge in [-0.25, -0.2) is 0 Å². The summed E-state index contributed by atoms with van der Waals surface area (Å²) >= 11 is 8.66. The highest BCUT2D eigenvalue weighted by atomic mass is 32.1. The molecule has 0 N–H and O–H groups in total. The maximum absolute atomic E-state index is 4.33. The van der Waals surface area contributed by atoms with Crippen molar-refractivity contribution in [1.82, 2.24) is 0 Å². The quantitative estimate of drug-likeness (QED) is 0.528. The van der Waals surface area contributed by atoms with Crippen LogP contribution in [0.3, 0.4) is 0 Å². The molecule has 0 aromatic heterocycles. The maximum atomic E-state index is 4.33. The van der Waals surface area contributed by atoms with E-state index < -0.39 is 0 Å². The Labute approximate surface area is 130 Å². The Hall–Kier alpha value is -2.00. The lowest BCUT2D eigenvalue weighted by Crippen LogP contribution is -1.76. The molecule has 0 nitrogen and oxygen atoms in total. The van der Waals surface area contributed by atoms with E-state index in [9.17, 15) is 0 Å². The van der Waals surface area contributed by atoms with Crippen molar-refractivity contribution >= 4 is 25.3 Å². The van der Waals surface area contributed by atoms with E-state index in [4.69, 9.17) is 0 Å². The Balaban J connectivity index is 2.17. The third-order valence-electron chi connectivity index (χ3n) is 2.42. The smallest absolute Gasteiger partial charge is 0.0765 e. The number of allylic oxidation sites excluding steroid dienone is 2. The van der Waals surface area contributed by atoms with E-state index in [-0.39, 0.29) is 0 Å².